The van der Waals surface area contributed by atoms with Gasteiger partial charge in [-0.25, -0.2) is 9.37 Å². The van der Waals surface area contributed by atoms with Crippen LogP contribution in [0.25, 0.3) is 0 Å². The van der Waals surface area contributed by atoms with Crippen LogP contribution in [0.15, 0.2) is 66.9 Å². The molecule has 1 N–H and O–H groups in total. The van der Waals surface area contributed by atoms with Crippen LogP contribution in [0, 0.1) is 11.7 Å². The van der Waals surface area contributed by atoms with Gasteiger partial charge in [0.15, 0.2) is 0 Å². The van der Waals surface area contributed by atoms with E-state index in [-0.39, 0.29) is 17.6 Å². The third kappa shape index (κ3) is 6.04. The predicted molar refractivity (Wildman–Crippen MR) is 108 cm³/mol. The van der Waals surface area contributed by atoms with Crippen LogP contribution in [-0.4, -0.2) is 18.0 Å². The van der Waals surface area contributed by atoms with Gasteiger partial charge in [0.25, 0.3) is 0 Å². The molecule has 0 aliphatic carbocycles. The van der Waals surface area contributed by atoms with Crippen molar-refractivity contribution < 1.29 is 18.7 Å². The van der Waals surface area contributed by atoms with E-state index in [1.165, 1.54) is 12.1 Å². The van der Waals surface area contributed by atoms with Gasteiger partial charge in [0.05, 0.1) is 7.11 Å². The molecular weight excluding hydrogens is 371 g/mol. The Kier molecular flexibility index (Phi) is 6.79. The van der Waals surface area contributed by atoms with E-state index in [1.54, 1.807) is 31.5 Å². The van der Waals surface area contributed by atoms with Crippen molar-refractivity contribution in [3.63, 3.8) is 0 Å². The Balaban J connectivity index is 1.50. The number of nitrogens with one attached hydrogen (secondary N) is 1. The molecule has 0 saturated carbocycles. The molecule has 0 aliphatic heterocycles. The average molecular weight is 394 g/mol. The minimum absolute atomic E-state index is 0.0917. The topological polar surface area (TPSA) is 60.5 Å². The number of carbonyl (C=O) groups excluding carboxylic acids is 1. The first-order valence-electron chi connectivity index (χ1n) is 9.32. The first-order valence-corrected chi connectivity index (χ1v) is 9.32. The maximum absolute atomic E-state index is 13.3. The summed E-state index contributed by atoms with van der Waals surface area (Å²) in [6.07, 6.45) is 2.14. The molecule has 1 amide bonds. The molecule has 1 heterocycles. The molecule has 0 spiro atoms. The summed E-state index contributed by atoms with van der Waals surface area (Å²) in [5.41, 5.74) is 1.66. The highest BCUT2D eigenvalue weighted by Gasteiger charge is 2.13. The Hall–Kier alpha value is -3.41. The summed E-state index contributed by atoms with van der Waals surface area (Å²) < 4.78 is 24.1. The van der Waals surface area contributed by atoms with Crippen LogP contribution in [0.2, 0.25) is 0 Å². The first-order chi connectivity index (χ1) is 14.0. The number of hydrogen-bond acceptors (Lipinski definition) is 4. The second-order valence-electron chi connectivity index (χ2n) is 6.74. The molecule has 1 atom stereocenters. The molecule has 3 aromatic rings. The number of ether oxygens (including phenoxy) is 2. The number of pyridine rings is 1. The van der Waals surface area contributed by atoms with Crippen LogP contribution in [-0.2, 0) is 17.8 Å². The lowest BCUT2D eigenvalue weighted by atomic mass is 10.0. The highest BCUT2D eigenvalue weighted by atomic mass is 19.1. The van der Waals surface area contributed by atoms with E-state index in [0.717, 1.165) is 11.1 Å². The van der Waals surface area contributed by atoms with Crippen LogP contribution in [0.1, 0.15) is 18.1 Å². The summed E-state index contributed by atoms with van der Waals surface area (Å²) in [7, 11) is 1.60. The largest absolute Gasteiger partial charge is 0.497 e. The van der Waals surface area contributed by atoms with E-state index in [4.69, 9.17) is 9.47 Å². The van der Waals surface area contributed by atoms with E-state index >= 15 is 0 Å². The summed E-state index contributed by atoms with van der Waals surface area (Å²) >= 11 is 0. The number of carbonyl (C=O) groups is 1. The number of benzene rings is 2. The molecule has 0 aliphatic rings. The average Bonchev–Trinajstić information content (AvgIpc) is 2.73. The standard InChI is InChI=1S/C23H23FN2O3/c1-16(11-17-5-3-6-19(24)12-17)23(27)26-15-18-9-10-22(25-14-18)29-21-8-4-7-20(13-21)28-2/h3-10,12-14,16H,11,15H2,1-2H3,(H,26,27). The first kappa shape index (κ1) is 20.3. The third-order valence-corrected chi connectivity index (χ3v) is 4.41. The number of aromatic nitrogens is 1. The zero-order valence-corrected chi connectivity index (χ0v) is 16.4. The van der Waals surface area contributed by atoms with Crippen molar-refractivity contribution in [1.82, 2.24) is 10.3 Å². The van der Waals surface area contributed by atoms with Gasteiger partial charge in [-0.1, -0.05) is 31.2 Å². The third-order valence-electron chi connectivity index (χ3n) is 4.41. The van der Waals surface area contributed by atoms with Gasteiger partial charge in [-0.2, -0.15) is 0 Å². The number of rotatable bonds is 8. The summed E-state index contributed by atoms with van der Waals surface area (Å²) in [5.74, 6) is 1.13. The lowest BCUT2D eigenvalue weighted by Crippen LogP contribution is -2.29. The maximum Gasteiger partial charge on any atom is 0.223 e. The molecule has 6 heteroatoms. The second-order valence-corrected chi connectivity index (χ2v) is 6.74. The molecule has 0 radical (unpaired) electrons. The Bertz CT molecular complexity index is 960. The van der Waals surface area contributed by atoms with Gasteiger partial charge in [0, 0.05) is 30.8 Å². The van der Waals surface area contributed by atoms with E-state index in [2.05, 4.69) is 10.3 Å². The van der Waals surface area contributed by atoms with Gasteiger partial charge < -0.3 is 14.8 Å². The van der Waals surface area contributed by atoms with Crippen LogP contribution >= 0.6 is 0 Å². The highest BCUT2D eigenvalue weighted by molar-refractivity contribution is 5.78. The smallest absolute Gasteiger partial charge is 0.223 e. The van der Waals surface area contributed by atoms with Crippen LogP contribution < -0.4 is 14.8 Å². The Morgan fingerprint density at radius 3 is 2.59 bits per heavy atom. The quantitative estimate of drug-likeness (QED) is 0.610. The van der Waals surface area contributed by atoms with Crippen molar-refractivity contribution in [1.29, 1.82) is 0 Å². The fourth-order valence-corrected chi connectivity index (χ4v) is 2.83. The zero-order chi connectivity index (χ0) is 20.6. The van der Waals surface area contributed by atoms with Crippen molar-refractivity contribution in [2.45, 2.75) is 19.9 Å². The lowest BCUT2D eigenvalue weighted by Gasteiger charge is -2.12. The van der Waals surface area contributed by atoms with Crippen molar-refractivity contribution in [3.8, 4) is 17.4 Å². The van der Waals surface area contributed by atoms with Gasteiger partial charge >= 0.3 is 0 Å². The number of halogens is 1. The molecule has 3 rings (SSSR count). The molecule has 29 heavy (non-hydrogen) atoms. The molecule has 1 unspecified atom stereocenters. The number of methoxy groups -OCH3 is 1. The van der Waals surface area contributed by atoms with Gasteiger partial charge in [-0.3, -0.25) is 4.79 Å². The van der Waals surface area contributed by atoms with Crippen molar-refractivity contribution >= 4 is 5.91 Å². The molecule has 1 aromatic heterocycles. The zero-order valence-electron chi connectivity index (χ0n) is 16.4. The van der Waals surface area contributed by atoms with Gasteiger partial charge in [0.1, 0.15) is 17.3 Å². The minimum atomic E-state index is -0.294. The molecule has 5 nitrogen and oxygen atoms in total. The van der Waals surface area contributed by atoms with Crippen LogP contribution in [0.5, 0.6) is 17.4 Å². The van der Waals surface area contributed by atoms with Crippen molar-refractivity contribution in [2.24, 2.45) is 5.92 Å². The monoisotopic (exact) mass is 394 g/mol. The molecule has 0 fully saturated rings. The van der Waals surface area contributed by atoms with Crippen molar-refractivity contribution in [2.75, 3.05) is 7.11 Å². The molecule has 0 saturated heterocycles. The maximum atomic E-state index is 13.3. The fourth-order valence-electron chi connectivity index (χ4n) is 2.83. The van der Waals surface area contributed by atoms with E-state index in [1.807, 2.05) is 37.3 Å². The highest BCUT2D eigenvalue weighted by Crippen LogP contribution is 2.23. The molecule has 2 aromatic carbocycles. The molecule has 150 valence electrons. The second kappa shape index (κ2) is 9.68. The number of nitrogens with zero attached hydrogens (tertiary/aromatic N) is 1. The summed E-state index contributed by atoms with van der Waals surface area (Å²) in [6, 6.07) is 17.2. The SMILES string of the molecule is COc1cccc(Oc2ccc(CNC(=O)C(C)Cc3cccc(F)c3)cn2)c1. The van der Waals surface area contributed by atoms with Gasteiger partial charge in [0.2, 0.25) is 11.8 Å². The minimum Gasteiger partial charge on any atom is -0.497 e. The number of amides is 1. The summed E-state index contributed by atoms with van der Waals surface area (Å²) in [5, 5.41) is 2.89. The summed E-state index contributed by atoms with van der Waals surface area (Å²) in [4.78, 5) is 16.6. The van der Waals surface area contributed by atoms with E-state index < -0.39 is 0 Å². The fraction of sp³-hybridized carbons (Fsp3) is 0.217. The number of hydrogen-bond donors (Lipinski definition) is 1. The Morgan fingerprint density at radius 1 is 1.07 bits per heavy atom. The van der Waals surface area contributed by atoms with Crippen LogP contribution in [0.3, 0.4) is 0 Å². The summed E-state index contributed by atoms with van der Waals surface area (Å²) in [6.45, 7) is 2.18. The molecule has 0 bridgehead atoms. The van der Waals surface area contributed by atoms with Crippen LogP contribution in [0.4, 0.5) is 4.39 Å². The van der Waals surface area contributed by atoms with E-state index in [9.17, 15) is 9.18 Å². The Morgan fingerprint density at radius 2 is 1.86 bits per heavy atom. The predicted octanol–water partition coefficient (Wildman–Crippen LogP) is 4.52. The van der Waals surface area contributed by atoms with E-state index in [0.29, 0.717) is 30.3 Å². The normalized spacial score (nSPS) is 11.6. The lowest BCUT2D eigenvalue weighted by molar-refractivity contribution is -0.124. The van der Waals surface area contributed by atoms with Gasteiger partial charge in [-0.15, -0.1) is 0 Å². The Labute approximate surface area is 169 Å². The van der Waals surface area contributed by atoms with Crippen molar-refractivity contribution in [3.05, 3.63) is 83.8 Å². The molecular formula is C23H23FN2O3. The van der Waals surface area contributed by atoms with Gasteiger partial charge in [-0.05, 0) is 41.8 Å².